The minimum absolute atomic E-state index is 0.148. The van der Waals surface area contributed by atoms with Crippen molar-refractivity contribution in [2.24, 2.45) is 0 Å². The third-order valence-electron chi connectivity index (χ3n) is 3.30. The number of benzene rings is 1. The minimum atomic E-state index is -0.148. The first-order valence-electron chi connectivity index (χ1n) is 6.85. The number of hydrogen-bond donors (Lipinski definition) is 1. The standard InChI is InChI=1S/C17H15N3O/c21-17(19-9-6-13-4-2-1-3-5-13)16-10-14-7-8-18-11-15(14)12-20-16/h1-5,7-8,10-12H,6,9H2,(H,19,21). The Morgan fingerprint density at radius 2 is 1.90 bits per heavy atom. The lowest BCUT2D eigenvalue weighted by Gasteiger charge is -2.05. The van der Waals surface area contributed by atoms with Crippen LogP contribution in [0.1, 0.15) is 16.1 Å². The normalized spacial score (nSPS) is 10.5. The molecule has 0 saturated carbocycles. The molecule has 1 amide bonds. The molecule has 104 valence electrons. The molecule has 0 spiro atoms. The van der Waals surface area contributed by atoms with Gasteiger partial charge in [-0.25, -0.2) is 0 Å². The molecule has 0 unspecified atom stereocenters. The molecule has 0 bridgehead atoms. The molecule has 0 fully saturated rings. The summed E-state index contributed by atoms with van der Waals surface area (Å²) in [6.45, 7) is 0.596. The Kier molecular flexibility index (Phi) is 3.87. The van der Waals surface area contributed by atoms with E-state index in [1.165, 1.54) is 5.56 Å². The second-order valence-corrected chi connectivity index (χ2v) is 4.78. The van der Waals surface area contributed by atoms with Gasteiger partial charge >= 0.3 is 0 Å². The van der Waals surface area contributed by atoms with Crippen LogP contribution in [-0.2, 0) is 6.42 Å². The van der Waals surface area contributed by atoms with Gasteiger partial charge in [-0.3, -0.25) is 14.8 Å². The van der Waals surface area contributed by atoms with Gasteiger partial charge in [-0.1, -0.05) is 30.3 Å². The lowest BCUT2D eigenvalue weighted by Crippen LogP contribution is -2.26. The summed E-state index contributed by atoms with van der Waals surface area (Å²) in [6.07, 6.45) is 5.93. The summed E-state index contributed by atoms with van der Waals surface area (Å²) in [4.78, 5) is 20.3. The Morgan fingerprint density at radius 1 is 1.05 bits per heavy atom. The number of aromatic nitrogens is 2. The van der Waals surface area contributed by atoms with Gasteiger partial charge in [-0.05, 0) is 29.5 Å². The highest BCUT2D eigenvalue weighted by Gasteiger charge is 2.07. The first kappa shape index (κ1) is 13.2. The number of pyridine rings is 2. The van der Waals surface area contributed by atoms with Gasteiger partial charge in [0.15, 0.2) is 0 Å². The van der Waals surface area contributed by atoms with E-state index < -0.39 is 0 Å². The quantitative estimate of drug-likeness (QED) is 0.797. The number of amides is 1. The minimum Gasteiger partial charge on any atom is -0.350 e. The van der Waals surface area contributed by atoms with Crippen LogP contribution in [0.3, 0.4) is 0 Å². The summed E-state index contributed by atoms with van der Waals surface area (Å²) in [7, 11) is 0. The van der Waals surface area contributed by atoms with Crippen LogP contribution in [0.2, 0.25) is 0 Å². The molecule has 3 rings (SSSR count). The maximum absolute atomic E-state index is 12.1. The molecule has 0 aliphatic rings. The van der Waals surface area contributed by atoms with Crippen molar-refractivity contribution in [1.29, 1.82) is 0 Å². The fourth-order valence-electron chi connectivity index (χ4n) is 2.16. The Balaban J connectivity index is 1.64. The van der Waals surface area contributed by atoms with Crippen molar-refractivity contribution in [2.75, 3.05) is 6.54 Å². The van der Waals surface area contributed by atoms with Crippen molar-refractivity contribution >= 4 is 16.7 Å². The number of nitrogens with zero attached hydrogens (tertiary/aromatic N) is 2. The molecule has 0 radical (unpaired) electrons. The Hall–Kier alpha value is -2.75. The second-order valence-electron chi connectivity index (χ2n) is 4.78. The van der Waals surface area contributed by atoms with Gasteiger partial charge in [-0.15, -0.1) is 0 Å². The van der Waals surface area contributed by atoms with Gasteiger partial charge in [0, 0.05) is 30.5 Å². The monoisotopic (exact) mass is 277 g/mol. The molecule has 0 saturated heterocycles. The number of hydrogen-bond acceptors (Lipinski definition) is 3. The Bertz CT molecular complexity index is 756. The molecule has 3 aromatic rings. The van der Waals surface area contributed by atoms with E-state index in [2.05, 4.69) is 15.3 Å². The highest BCUT2D eigenvalue weighted by Crippen LogP contribution is 2.11. The van der Waals surface area contributed by atoms with Crippen molar-refractivity contribution in [3.8, 4) is 0 Å². The van der Waals surface area contributed by atoms with Crippen LogP contribution in [-0.4, -0.2) is 22.4 Å². The first-order valence-corrected chi connectivity index (χ1v) is 6.85. The van der Waals surface area contributed by atoms with Gasteiger partial charge in [-0.2, -0.15) is 0 Å². The zero-order valence-electron chi connectivity index (χ0n) is 11.5. The van der Waals surface area contributed by atoms with Crippen LogP contribution in [0.4, 0.5) is 0 Å². The largest absolute Gasteiger partial charge is 0.350 e. The van der Waals surface area contributed by atoms with Crippen LogP contribution in [0.15, 0.2) is 61.1 Å². The highest BCUT2D eigenvalue weighted by atomic mass is 16.1. The molecule has 1 aromatic carbocycles. The van der Waals surface area contributed by atoms with Gasteiger partial charge in [0.05, 0.1) is 0 Å². The maximum Gasteiger partial charge on any atom is 0.269 e. The van der Waals surface area contributed by atoms with Gasteiger partial charge < -0.3 is 5.32 Å². The van der Waals surface area contributed by atoms with E-state index >= 15 is 0 Å². The van der Waals surface area contributed by atoms with Crippen LogP contribution < -0.4 is 5.32 Å². The van der Waals surface area contributed by atoms with E-state index in [9.17, 15) is 4.79 Å². The molecule has 4 nitrogen and oxygen atoms in total. The Morgan fingerprint density at radius 3 is 2.76 bits per heavy atom. The molecule has 21 heavy (non-hydrogen) atoms. The van der Waals surface area contributed by atoms with Crippen LogP contribution in [0, 0.1) is 0 Å². The molecule has 0 atom stereocenters. The zero-order chi connectivity index (χ0) is 14.5. The van der Waals surface area contributed by atoms with Gasteiger partial charge in [0.25, 0.3) is 5.91 Å². The SMILES string of the molecule is O=C(NCCc1ccccc1)c1cc2ccncc2cn1. The average Bonchev–Trinajstić information content (AvgIpc) is 2.55. The summed E-state index contributed by atoms with van der Waals surface area (Å²) in [5.41, 5.74) is 1.64. The number of fused-ring (bicyclic) bond motifs is 1. The molecular formula is C17H15N3O. The number of carbonyl (C=O) groups excluding carboxylic acids is 1. The summed E-state index contributed by atoms with van der Waals surface area (Å²) >= 11 is 0. The van der Waals surface area contributed by atoms with Gasteiger partial charge in [0.1, 0.15) is 5.69 Å². The number of carbonyl (C=O) groups is 1. The van der Waals surface area contributed by atoms with E-state index in [4.69, 9.17) is 0 Å². The molecule has 0 aliphatic heterocycles. The summed E-state index contributed by atoms with van der Waals surface area (Å²) in [5, 5.41) is 4.79. The molecule has 2 aromatic heterocycles. The fourth-order valence-corrected chi connectivity index (χ4v) is 2.16. The maximum atomic E-state index is 12.1. The van der Waals surface area contributed by atoms with E-state index in [0.717, 1.165) is 17.2 Å². The predicted molar refractivity (Wildman–Crippen MR) is 82.0 cm³/mol. The summed E-state index contributed by atoms with van der Waals surface area (Å²) in [6, 6.07) is 13.7. The third kappa shape index (κ3) is 3.23. The van der Waals surface area contributed by atoms with Crippen molar-refractivity contribution < 1.29 is 4.79 Å². The summed E-state index contributed by atoms with van der Waals surface area (Å²) < 4.78 is 0. The lowest BCUT2D eigenvalue weighted by molar-refractivity contribution is 0.0949. The molecule has 4 heteroatoms. The van der Waals surface area contributed by atoms with Crippen molar-refractivity contribution in [3.05, 3.63) is 72.3 Å². The number of nitrogens with one attached hydrogen (secondary N) is 1. The predicted octanol–water partition coefficient (Wildman–Crippen LogP) is 2.60. The van der Waals surface area contributed by atoms with E-state index in [-0.39, 0.29) is 5.91 Å². The lowest BCUT2D eigenvalue weighted by atomic mass is 10.1. The van der Waals surface area contributed by atoms with E-state index in [0.29, 0.717) is 12.2 Å². The Labute approximate surface area is 122 Å². The van der Waals surface area contributed by atoms with Crippen molar-refractivity contribution in [2.45, 2.75) is 6.42 Å². The van der Waals surface area contributed by atoms with Crippen molar-refractivity contribution in [1.82, 2.24) is 15.3 Å². The van der Waals surface area contributed by atoms with E-state index in [1.54, 1.807) is 24.7 Å². The summed E-state index contributed by atoms with van der Waals surface area (Å²) in [5.74, 6) is -0.148. The van der Waals surface area contributed by atoms with Gasteiger partial charge in [0.2, 0.25) is 0 Å². The molecule has 0 aliphatic carbocycles. The number of rotatable bonds is 4. The molecular weight excluding hydrogens is 262 g/mol. The molecule has 2 heterocycles. The van der Waals surface area contributed by atoms with Crippen molar-refractivity contribution in [3.63, 3.8) is 0 Å². The zero-order valence-corrected chi connectivity index (χ0v) is 11.5. The van der Waals surface area contributed by atoms with Crippen LogP contribution in [0.5, 0.6) is 0 Å². The third-order valence-corrected chi connectivity index (χ3v) is 3.30. The fraction of sp³-hybridized carbons (Fsp3) is 0.118. The van der Waals surface area contributed by atoms with Crippen LogP contribution in [0.25, 0.3) is 10.8 Å². The molecule has 1 N–H and O–H groups in total. The highest BCUT2D eigenvalue weighted by molar-refractivity contribution is 5.96. The topological polar surface area (TPSA) is 54.9 Å². The first-order chi connectivity index (χ1) is 10.3. The van der Waals surface area contributed by atoms with E-state index in [1.807, 2.05) is 36.4 Å². The second kappa shape index (κ2) is 6.13. The average molecular weight is 277 g/mol. The van der Waals surface area contributed by atoms with Crippen LogP contribution >= 0.6 is 0 Å². The smallest absolute Gasteiger partial charge is 0.269 e.